The number of sulfonamides is 1. The maximum Gasteiger partial charge on any atom is 0.265 e. The van der Waals surface area contributed by atoms with Crippen molar-refractivity contribution in [3.05, 3.63) is 36.2 Å². The first-order chi connectivity index (χ1) is 9.31. The van der Waals surface area contributed by atoms with Crippen molar-refractivity contribution in [2.45, 2.75) is 11.8 Å². The van der Waals surface area contributed by atoms with Gasteiger partial charge in [-0.05, 0) is 31.2 Å². The molecule has 20 heavy (non-hydrogen) atoms. The lowest BCUT2D eigenvalue weighted by Crippen LogP contribution is -2.14. The fourth-order valence-electron chi connectivity index (χ4n) is 1.78. The van der Waals surface area contributed by atoms with Gasteiger partial charge in [-0.3, -0.25) is 9.40 Å². The fraction of sp³-hybridized carbons (Fsp3) is 0.308. The number of rotatable bonds is 4. The van der Waals surface area contributed by atoms with Crippen LogP contribution in [0.3, 0.4) is 0 Å². The lowest BCUT2D eigenvalue weighted by Gasteiger charge is -2.13. The minimum absolute atomic E-state index is 0.191. The zero-order valence-electron chi connectivity index (χ0n) is 12.0. The van der Waals surface area contributed by atoms with Crippen LogP contribution in [0, 0.1) is 6.92 Å². The van der Waals surface area contributed by atoms with Crippen molar-refractivity contribution in [1.29, 1.82) is 0 Å². The lowest BCUT2D eigenvalue weighted by molar-refractivity contribution is 0.600. The van der Waals surface area contributed by atoms with E-state index in [9.17, 15) is 8.42 Å². The molecule has 0 saturated heterocycles. The standard InChI is InChI=1S/C13H18N4O2S/c1-10-13(9-14-17(10)4)20(18,19)15-11-5-7-12(8-6-11)16(2)3/h5-9,15H,1-4H3. The summed E-state index contributed by atoms with van der Waals surface area (Å²) in [5, 5.41) is 3.95. The molecule has 2 aromatic rings. The van der Waals surface area contributed by atoms with Crippen molar-refractivity contribution in [3.63, 3.8) is 0 Å². The Bertz CT molecular complexity index is 702. The van der Waals surface area contributed by atoms with E-state index in [0.717, 1.165) is 5.69 Å². The van der Waals surface area contributed by atoms with Crippen molar-refractivity contribution in [2.24, 2.45) is 7.05 Å². The van der Waals surface area contributed by atoms with Gasteiger partial charge in [0, 0.05) is 32.5 Å². The van der Waals surface area contributed by atoms with Gasteiger partial charge in [0.1, 0.15) is 4.90 Å². The molecule has 1 heterocycles. The SMILES string of the molecule is Cc1c(S(=O)(=O)Nc2ccc(N(C)C)cc2)cnn1C. The van der Waals surface area contributed by atoms with Crippen LogP contribution >= 0.6 is 0 Å². The van der Waals surface area contributed by atoms with E-state index in [1.165, 1.54) is 10.9 Å². The first kappa shape index (κ1) is 14.4. The number of nitrogens with one attached hydrogen (secondary N) is 1. The number of aromatic nitrogens is 2. The molecule has 108 valence electrons. The predicted molar refractivity (Wildman–Crippen MR) is 79.5 cm³/mol. The smallest absolute Gasteiger partial charge is 0.265 e. The Hall–Kier alpha value is -2.02. The molecule has 0 saturated carbocycles. The van der Waals surface area contributed by atoms with Crippen molar-refractivity contribution < 1.29 is 8.42 Å². The zero-order valence-corrected chi connectivity index (χ0v) is 12.8. The summed E-state index contributed by atoms with van der Waals surface area (Å²) < 4.78 is 28.6. The summed E-state index contributed by atoms with van der Waals surface area (Å²) in [4.78, 5) is 2.14. The highest BCUT2D eigenvalue weighted by molar-refractivity contribution is 7.92. The average Bonchev–Trinajstić information content (AvgIpc) is 2.71. The predicted octanol–water partition coefficient (Wildman–Crippen LogP) is 1.60. The number of hydrogen-bond acceptors (Lipinski definition) is 4. The molecule has 0 aliphatic carbocycles. The Morgan fingerprint density at radius 3 is 2.25 bits per heavy atom. The molecule has 2 rings (SSSR count). The molecule has 0 atom stereocenters. The number of nitrogens with zero attached hydrogens (tertiary/aromatic N) is 3. The minimum Gasteiger partial charge on any atom is -0.378 e. The Labute approximate surface area is 119 Å². The third-order valence-electron chi connectivity index (χ3n) is 3.12. The van der Waals surface area contributed by atoms with Gasteiger partial charge in [-0.15, -0.1) is 0 Å². The number of aryl methyl sites for hydroxylation is 1. The molecule has 0 fully saturated rings. The van der Waals surface area contributed by atoms with Gasteiger partial charge in [-0.2, -0.15) is 5.10 Å². The van der Waals surface area contributed by atoms with E-state index >= 15 is 0 Å². The monoisotopic (exact) mass is 294 g/mol. The number of hydrogen-bond donors (Lipinski definition) is 1. The van der Waals surface area contributed by atoms with Gasteiger partial charge in [0.25, 0.3) is 10.0 Å². The molecule has 0 unspecified atom stereocenters. The molecule has 7 heteroatoms. The van der Waals surface area contributed by atoms with E-state index in [1.54, 1.807) is 26.1 Å². The Balaban J connectivity index is 2.26. The molecule has 0 aliphatic rings. The van der Waals surface area contributed by atoms with Crippen LogP contribution in [0.15, 0.2) is 35.4 Å². The molecule has 0 spiro atoms. The Morgan fingerprint density at radius 2 is 1.80 bits per heavy atom. The average molecular weight is 294 g/mol. The first-order valence-electron chi connectivity index (χ1n) is 6.10. The van der Waals surface area contributed by atoms with Gasteiger partial charge < -0.3 is 4.90 Å². The summed E-state index contributed by atoms with van der Waals surface area (Å²) in [6, 6.07) is 7.18. The van der Waals surface area contributed by atoms with E-state index < -0.39 is 10.0 Å². The Kier molecular flexibility index (Phi) is 3.71. The molecular formula is C13H18N4O2S. The molecule has 0 radical (unpaired) electrons. The van der Waals surface area contributed by atoms with Crippen LogP contribution in [0.5, 0.6) is 0 Å². The highest BCUT2D eigenvalue weighted by Gasteiger charge is 2.19. The van der Waals surface area contributed by atoms with Gasteiger partial charge in [0.15, 0.2) is 0 Å². The van der Waals surface area contributed by atoms with E-state index in [2.05, 4.69) is 9.82 Å². The maximum absolute atomic E-state index is 12.3. The van der Waals surface area contributed by atoms with E-state index in [0.29, 0.717) is 11.4 Å². The summed E-state index contributed by atoms with van der Waals surface area (Å²) in [6.45, 7) is 1.72. The van der Waals surface area contributed by atoms with Crippen LogP contribution in [0.2, 0.25) is 0 Å². The zero-order chi connectivity index (χ0) is 14.9. The van der Waals surface area contributed by atoms with E-state index in [4.69, 9.17) is 0 Å². The highest BCUT2D eigenvalue weighted by atomic mass is 32.2. The summed E-state index contributed by atoms with van der Waals surface area (Å²) in [5.74, 6) is 0. The van der Waals surface area contributed by atoms with Gasteiger partial charge in [0.05, 0.1) is 11.9 Å². The molecule has 1 aromatic carbocycles. The molecule has 0 aliphatic heterocycles. The van der Waals surface area contributed by atoms with E-state index in [1.807, 2.05) is 31.1 Å². The van der Waals surface area contributed by atoms with Gasteiger partial charge in [0.2, 0.25) is 0 Å². The summed E-state index contributed by atoms with van der Waals surface area (Å²) in [5.41, 5.74) is 2.13. The third kappa shape index (κ3) is 2.77. The fourth-order valence-corrected chi connectivity index (χ4v) is 3.04. The van der Waals surface area contributed by atoms with Gasteiger partial charge in [-0.1, -0.05) is 0 Å². The molecule has 1 aromatic heterocycles. The number of benzene rings is 1. The van der Waals surface area contributed by atoms with Crippen LogP contribution in [-0.2, 0) is 17.1 Å². The second-order valence-corrected chi connectivity index (χ2v) is 6.42. The van der Waals surface area contributed by atoms with E-state index in [-0.39, 0.29) is 4.90 Å². The Morgan fingerprint density at radius 1 is 1.20 bits per heavy atom. The van der Waals surface area contributed by atoms with Crippen molar-refractivity contribution >= 4 is 21.4 Å². The molecule has 0 amide bonds. The lowest BCUT2D eigenvalue weighted by atomic mass is 10.3. The second kappa shape index (κ2) is 5.16. The van der Waals surface area contributed by atoms with Gasteiger partial charge >= 0.3 is 0 Å². The van der Waals surface area contributed by atoms with Crippen molar-refractivity contribution in [2.75, 3.05) is 23.7 Å². The van der Waals surface area contributed by atoms with Crippen LogP contribution < -0.4 is 9.62 Å². The first-order valence-corrected chi connectivity index (χ1v) is 7.58. The maximum atomic E-state index is 12.3. The summed E-state index contributed by atoms with van der Waals surface area (Å²) in [7, 11) is 1.96. The van der Waals surface area contributed by atoms with Crippen molar-refractivity contribution in [3.8, 4) is 0 Å². The molecule has 0 bridgehead atoms. The van der Waals surface area contributed by atoms with Crippen molar-refractivity contribution in [1.82, 2.24) is 9.78 Å². The van der Waals surface area contributed by atoms with Gasteiger partial charge in [-0.25, -0.2) is 8.42 Å². The molecule has 1 N–H and O–H groups in total. The highest BCUT2D eigenvalue weighted by Crippen LogP contribution is 2.20. The van der Waals surface area contributed by atoms with Crippen LogP contribution in [0.1, 0.15) is 5.69 Å². The van der Waals surface area contributed by atoms with Crippen LogP contribution in [-0.4, -0.2) is 32.3 Å². The minimum atomic E-state index is -3.60. The topological polar surface area (TPSA) is 67.2 Å². The van der Waals surface area contributed by atoms with Crippen LogP contribution in [0.25, 0.3) is 0 Å². The second-order valence-electron chi connectivity index (χ2n) is 4.76. The molecule has 6 nitrogen and oxygen atoms in total. The normalized spacial score (nSPS) is 11.4. The third-order valence-corrected chi connectivity index (χ3v) is 4.60. The number of anilines is 2. The summed E-state index contributed by atoms with van der Waals surface area (Å²) >= 11 is 0. The molecular weight excluding hydrogens is 276 g/mol. The largest absolute Gasteiger partial charge is 0.378 e. The summed E-state index contributed by atoms with van der Waals surface area (Å²) in [6.07, 6.45) is 1.35. The quantitative estimate of drug-likeness (QED) is 0.930. The van der Waals surface area contributed by atoms with Crippen LogP contribution in [0.4, 0.5) is 11.4 Å².